The Balaban J connectivity index is 1.33. The number of benzene rings is 2. The fourth-order valence-corrected chi connectivity index (χ4v) is 3.47. The second-order valence-corrected chi connectivity index (χ2v) is 7.20. The summed E-state index contributed by atoms with van der Waals surface area (Å²) in [6, 6.07) is 16.1. The third-order valence-corrected chi connectivity index (χ3v) is 5.04. The summed E-state index contributed by atoms with van der Waals surface area (Å²) < 4.78 is 11.2. The minimum Gasteiger partial charge on any atom is -0.492 e. The van der Waals surface area contributed by atoms with E-state index in [0.717, 1.165) is 11.5 Å². The van der Waals surface area contributed by atoms with Gasteiger partial charge in [0.2, 0.25) is 0 Å². The van der Waals surface area contributed by atoms with Crippen molar-refractivity contribution < 1.29 is 14.3 Å². The van der Waals surface area contributed by atoms with Crippen LogP contribution in [0.1, 0.15) is 49.1 Å². The Morgan fingerprint density at radius 2 is 1.56 bits per heavy atom. The summed E-state index contributed by atoms with van der Waals surface area (Å²) in [6.45, 7) is 2.95. The molecule has 1 N–H and O–H groups in total. The van der Waals surface area contributed by atoms with Crippen molar-refractivity contribution in [1.82, 2.24) is 5.32 Å². The molecule has 0 atom stereocenters. The topological polar surface area (TPSA) is 47.6 Å². The molecule has 0 aromatic heterocycles. The largest absolute Gasteiger partial charge is 0.492 e. The van der Waals surface area contributed by atoms with Crippen LogP contribution in [0.4, 0.5) is 0 Å². The Morgan fingerprint density at radius 1 is 0.926 bits per heavy atom. The van der Waals surface area contributed by atoms with E-state index < -0.39 is 0 Å². The molecule has 2 aromatic carbocycles. The number of hydrogen-bond acceptors (Lipinski definition) is 3. The predicted molar refractivity (Wildman–Crippen MR) is 107 cm³/mol. The lowest BCUT2D eigenvalue weighted by atomic mass is 9.84. The molecule has 1 amide bonds. The lowest BCUT2D eigenvalue weighted by Gasteiger charge is -2.22. The number of ether oxygens (including phenoxy) is 2. The minimum absolute atomic E-state index is 0.0211. The summed E-state index contributed by atoms with van der Waals surface area (Å²) in [5, 5.41) is 2.81. The van der Waals surface area contributed by atoms with Gasteiger partial charge in [0.1, 0.15) is 18.1 Å². The normalized spacial score (nSPS) is 14.6. The van der Waals surface area contributed by atoms with Gasteiger partial charge in [0.25, 0.3) is 5.91 Å². The molecule has 1 aliphatic carbocycles. The van der Waals surface area contributed by atoms with Gasteiger partial charge >= 0.3 is 0 Å². The Bertz CT molecular complexity index is 703. The number of carbonyl (C=O) groups is 1. The van der Waals surface area contributed by atoms with E-state index in [0.29, 0.717) is 19.1 Å². The Morgan fingerprint density at radius 3 is 2.26 bits per heavy atom. The number of rotatable bonds is 8. The van der Waals surface area contributed by atoms with E-state index in [4.69, 9.17) is 9.47 Å². The van der Waals surface area contributed by atoms with Crippen molar-refractivity contribution in [1.29, 1.82) is 0 Å². The highest BCUT2D eigenvalue weighted by Gasteiger charge is 2.15. The van der Waals surface area contributed by atoms with Crippen molar-refractivity contribution in [3.8, 4) is 11.5 Å². The highest BCUT2D eigenvalue weighted by atomic mass is 16.5. The third-order valence-electron chi connectivity index (χ3n) is 5.04. The van der Waals surface area contributed by atoms with E-state index in [-0.39, 0.29) is 12.5 Å². The fourth-order valence-electron chi connectivity index (χ4n) is 3.47. The minimum atomic E-state index is -0.140. The van der Waals surface area contributed by atoms with E-state index >= 15 is 0 Å². The molecule has 0 unspecified atom stereocenters. The van der Waals surface area contributed by atoms with Gasteiger partial charge in [-0.3, -0.25) is 4.79 Å². The molecule has 4 nitrogen and oxygen atoms in total. The van der Waals surface area contributed by atoms with Gasteiger partial charge < -0.3 is 14.8 Å². The molecule has 0 saturated heterocycles. The lowest BCUT2D eigenvalue weighted by molar-refractivity contribution is -0.123. The molecule has 4 heteroatoms. The molecular weight excluding hydrogens is 338 g/mol. The molecule has 1 fully saturated rings. The van der Waals surface area contributed by atoms with Crippen molar-refractivity contribution in [2.75, 3.05) is 19.8 Å². The number of aryl methyl sites for hydroxylation is 1. The highest BCUT2D eigenvalue weighted by molar-refractivity contribution is 5.77. The van der Waals surface area contributed by atoms with Gasteiger partial charge in [-0.15, -0.1) is 0 Å². The first-order valence-electron chi connectivity index (χ1n) is 9.89. The maximum atomic E-state index is 11.9. The maximum absolute atomic E-state index is 11.9. The molecule has 0 bridgehead atoms. The van der Waals surface area contributed by atoms with Crippen LogP contribution in [0.5, 0.6) is 11.5 Å². The summed E-state index contributed by atoms with van der Waals surface area (Å²) in [5.41, 5.74) is 2.58. The first-order valence-corrected chi connectivity index (χ1v) is 9.89. The van der Waals surface area contributed by atoms with E-state index in [2.05, 4.69) is 17.4 Å². The van der Waals surface area contributed by atoms with Crippen LogP contribution in [0.2, 0.25) is 0 Å². The van der Waals surface area contributed by atoms with Crippen LogP contribution in [-0.4, -0.2) is 25.7 Å². The van der Waals surface area contributed by atoms with E-state index in [1.165, 1.54) is 43.2 Å². The smallest absolute Gasteiger partial charge is 0.258 e. The molecule has 2 aromatic rings. The van der Waals surface area contributed by atoms with Crippen LogP contribution in [0.3, 0.4) is 0 Å². The van der Waals surface area contributed by atoms with Crippen molar-refractivity contribution in [3.63, 3.8) is 0 Å². The Labute approximate surface area is 161 Å². The Kier molecular flexibility index (Phi) is 7.14. The summed E-state index contributed by atoms with van der Waals surface area (Å²) >= 11 is 0. The van der Waals surface area contributed by atoms with Crippen molar-refractivity contribution in [3.05, 3.63) is 59.7 Å². The van der Waals surface area contributed by atoms with Crippen LogP contribution in [0.25, 0.3) is 0 Å². The van der Waals surface area contributed by atoms with E-state index in [9.17, 15) is 4.79 Å². The lowest BCUT2D eigenvalue weighted by Crippen LogP contribution is -2.32. The van der Waals surface area contributed by atoms with Crippen LogP contribution in [0.15, 0.2) is 48.5 Å². The van der Waals surface area contributed by atoms with Gasteiger partial charge in [-0.1, -0.05) is 49.1 Å². The van der Waals surface area contributed by atoms with Crippen LogP contribution in [0, 0.1) is 6.92 Å². The summed E-state index contributed by atoms with van der Waals surface area (Å²) in [5.74, 6) is 2.09. The molecule has 27 heavy (non-hydrogen) atoms. The van der Waals surface area contributed by atoms with Gasteiger partial charge in [0, 0.05) is 0 Å². The maximum Gasteiger partial charge on any atom is 0.258 e. The molecule has 0 spiro atoms. The van der Waals surface area contributed by atoms with E-state index in [1.807, 2.05) is 43.3 Å². The standard InChI is InChI=1S/C23H29NO3/c1-18-7-11-21(12-8-18)26-16-15-24-23(25)17-27-22-13-9-20(10-14-22)19-5-3-2-4-6-19/h7-14,19H,2-6,15-17H2,1H3,(H,24,25). The Hall–Kier alpha value is -2.49. The third kappa shape index (κ3) is 6.31. The number of carbonyl (C=O) groups excluding carboxylic acids is 1. The molecule has 1 aliphatic rings. The molecule has 1 saturated carbocycles. The average molecular weight is 367 g/mol. The van der Waals surface area contributed by atoms with Gasteiger partial charge in [0.05, 0.1) is 6.54 Å². The summed E-state index contributed by atoms with van der Waals surface area (Å²) in [4.78, 5) is 11.9. The average Bonchev–Trinajstić information content (AvgIpc) is 2.72. The van der Waals surface area contributed by atoms with Crippen LogP contribution in [-0.2, 0) is 4.79 Å². The molecule has 0 heterocycles. The summed E-state index contributed by atoms with van der Waals surface area (Å²) in [6.07, 6.45) is 6.59. The highest BCUT2D eigenvalue weighted by Crippen LogP contribution is 2.33. The first-order chi connectivity index (χ1) is 13.2. The molecule has 144 valence electrons. The van der Waals surface area contributed by atoms with Gasteiger partial charge in [-0.25, -0.2) is 0 Å². The molecular formula is C23H29NO3. The summed E-state index contributed by atoms with van der Waals surface area (Å²) in [7, 11) is 0. The quantitative estimate of drug-likeness (QED) is 0.693. The molecule has 0 radical (unpaired) electrons. The van der Waals surface area contributed by atoms with Crippen LogP contribution < -0.4 is 14.8 Å². The van der Waals surface area contributed by atoms with Gasteiger partial charge in [-0.05, 0) is 55.5 Å². The zero-order valence-corrected chi connectivity index (χ0v) is 16.1. The molecule has 0 aliphatic heterocycles. The van der Waals surface area contributed by atoms with Crippen molar-refractivity contribution in [2.24, 2.45) is 0 Å². The number of amides is 1. The van der Waals surface area contributed by atoms with E-state index in [1.54, 1.807) is 0 Å². The monoisotopic (exact) mass is 367 g/mol. The zero-order chi connectivity index (χ0) is 18.9. The number of hydrogen-bond donors (Lipinski definition) is 1. The SMILES string of the molecule is Cc1ccc(OCCNC(=O)COc2ccc(C3CCCCC3)cc2)cc1. The van der Waals surface area contributed by atoms with Crippen LogP contribution >= 0.6 is 0 Å². The van der Waals surface area contributed by atoms with Crippen molar-refractivity contribution in [2.45, 2.75) is 44.9 Å². The predicted octanol–water partition coefficient (Wildman–Crippen LogP) is 4.62. The fraction of sp³-hybridized carbons (Fsp3) is 0.435. The van der Waals surface area contributed by atoms with Crippen molar-refractivity contribution >= 4 is 5.91 Å². The first kappa shape index (κ1) is 19.3. The second kappa shape index (κ2) is 10.0. The van der Waals surface area contributed by atoms with Gasteiger partial charge in [-0.2, -0.15) is 0 Å². The van der Waals surface area contributed by atoms with Gasteiger partial charge in [0.15, 0.2) is 6.61 Å². The zero-order valence-electron chi connectivity index (χ0n) is 16.1. The molecule has 3 rings (SSSR count). The second-order valence-electron chi connectivity index (χ2n) is 7.20. The number of nitrogens with one attached hydrogen (secondary N) is 1.